The van der Waals surface area contributed by atoms with Crippen molar-refractivity contribution in [3.63, 3.8) is 0 Å². The highest BCUT2D eigenvalue weighted by Crippen LogP contribution is 2.18. The molecule has 0 aromatic carbocycles. The molecular formula is C13H29N3O2. The Kier molecular flexibility index (Phi) is 8.54. The highest BCUT2D eigenvalue weighted by Gasteiger charge is 2.20. The third-order valence-corrected chi connectivity index (χ3v) is 3.73. The maximum Gasteiger partial charge on any atom is 0.0558 e. The second-order valence-electron chi connectivity index (χ2n) is 5.18. The Morgan fingerprint density at radius 3 is 2.22 bits per heavy atom. The number of nitrogens with two attached hydrogens (primary N) is 1. The molecule has 0 aromatic heterocycles. The number of hydrogen-bond donors (Lipinski definition) is 3. The average Bonchev–Trinajstić information content (AvgIpc) is 2.38. The summed E-state index contributed by atoms with van der Waals surface area (Å²) in [7, 11) is 0. The van der Waals surface area contributed by atoms with Crippen molar-refractivity contribution in [2.24, 2.45) is 11.7 Å². The van der Waals surface area contributed by atoms with E-state index >= 15 is 0 Å². The van der Waals surface area contributed by atoms with E-state index in [-0.39, 0.29) is 13.2 Å². The Morgan fingerprint density at radius 1 is 1.11 bits per heavy atom. The fourth-order valence-electron chi connectivity index (χ4n) is 2.65. The van der Waals surface area contributed by atoms with Crippen molar-refractivity contribution in [1.82, 2.24) is 9.80 Å². The van der Waals surface area contributed by atoms with Crippen LogP contribution in [0.4, 0.5) is 0 Å². The standard InChI is InChI=1S/C13H29N3O2/c14-4-1-5-15-6-2-13(3-7-15)12-16(8-10-17)9-11-18/h13,17-18H,1-12,14H2. The number of aliphatic hydroxyl groups excluding tert-OH is 2. The minimum Gasteiger partial charge on any atom is -0.395 e. The molecule has 0 aliphatic carbocycles. The lowest BCUT2D eigenvalue weighted by molar-refractivity contribution is 0.113. The summed E-state index contributed by atoms with van der Waals surface area (Å²) in [6.07, 6.45) is 3.53. The van der Waals surface area contributed by atoms with E-state index in [9.17, 15) is 0 Å². The highest BCUT2D eigenvalue weighted by molar-refractivity contribution is 4.75. The van der Waals surface area contributed by atoms with E-state index in [1.165, 1.54) is 12.8 Å². The first-order chi connectivity index (χ1) is 8.80. The third-order valence-electron chi connectivity index (χ3n) is 3.73. The summed E-state index contributed by atoms with van der Waals surface area (Å²) in [5.41, 5.74) is 5.52. The molecule has 108 valence electrons. The van der Waals surface area contributed by atoms with Gasteiger partial charge in [0.2, 0.25) is 0 Å². The van der Waals surface area contributed by atoms with Gasteiger partial charge in [0, 0.05) is 19.6 Å². The van der Waals surface area contributed by atoms with Gasteiger partial charge in [0.05, 0.1) is 13.2 Å². The molecule has 5 nitrogen and oxygen atoms in total. The zero-order valence-electron chi connectivity index (χ0n) is 11.4. The van der Waals surface area contributed by atoms with Gasteiger partial charge in [-0.05, 0) is 51.4 Å². The van der Waals surface area contributed by atoms with Crippen LogP contribution in [0.1, 0.15) is 19.3 Å². The van der Waals surface area contributed by atoms with Crippen LogP contribution in [-0.4, -0.2) is 79.0 Å². The first-order valence-electron chi connectivity index (χ1n) is 7.16. The molecule has 0 unspecified atom stereocenters. The van der Waals surface area contributed by atoms with Crippen LogP contribution >= 0.6 is 0 Å². The molecule has 1 aliphatic rings. The van der Waals surface area contributed by atoms with Crippen LogP contribution < -0.4 is 5.73 Å². The van der Waals surface area contributed by atoms with Crippen LogP contribution in [-0.2, 0) is 0 Å². The maximum absolute atomic E-state index is 8.99. The van der Waals surface area contributed by atoms with Crippen LogP contribution in [0.5, 0.6) is 0 Å². The minimum absolute atomic E-state index is 0.176. The molecule has 1 saturated heterocycles. The predicted molar refractivity (Wildman–Crippen MR) is 73.4 cm³/mol. The monoisotopic (exact) mass is 259 g/mol. The SMILES string of the molecule is NCCCN1CCC(CN(CCO)CCO)CC1. The summed E-state index contributed by atoms with van der Waals surface area (Å²) in [5.74, 6) is 0.706. The van der Waals surface area contributed by atoms with Crippen molar-refractivity contribution in [2.45, 2.75) is 19.3 Å². The van der Waals surface area contributed by atoms with Crippen LogP contribution in [0.25, 0.3) is 0 Å². The van der Waals surface area contributed by atoms with Crippen molar-refractivity contribution >= 4 is 0 Å². The van der Waals surface area contributed by atoms with Gasteiger partial charge < -0.3 is 20.8 Å². The minimum atomic E-state index is 0.176. The van der Waals surface area contributed by atoms with Crippen LogP contribution in [0.3, 0.4) is 0 Å². The second-order valence-corrected chi connectivity index (χ2v) is 5.18. The number of likely N-dealkylation sites (tertiary alicyclic amines) is 1. The Hall–Kier alpha value is -0.200. The van der Waals surface area contributed by atoms with E-state index in [1.807, 2.05) is 0 Å². The van der Waals surface area contributed by atoms with E-state index in [2.05, 4.69) is 9.80 Å². The molecule has 0 saturated carbocycles. The molecular weight excluding hydrogens is 230 g/mol. The molecule has 4 N–H and O–H groups in total. The summed E-state index contributed by atoms with van der Waals surface area (Å²) >= 11 is 0. The summed E-state index contributed by atoms with van der Waals surface area (Å²) < 4.78 is 0. The molecule has 1 fully saturated rings. The smallest absolute Gasteiger partial charge is 0.0558 e. The van der Waals surface area contributed by atoms with Gasteiger partial charge in [-0.25, -0.2) is 0 Å². The molecule has 18 heavy (non-hydrogen) atoms. The molecule has 0 bridgehead atoms. The van der Waals surface area contributed by atoms with E-state index < -0.39 is 0 Å². The molecule has 1 rings (SSSR count). The fourth-order valence-corrected chi connectivity index (χ4v) is 2.65. The van der Waals surface area contributed by atoms with Crippen LogP contribution in [0.2, 0.25) is 0 Å². The van der Waals surface area contributed by atoms with Gasteiger partial charge in [-0.15, -0.1) is 0 Å². The summed E-state index contributed by atoms with van der Waals surface area (Å²) in [5, 5.41) is 18.0. The molecule has 1 aliphatic heterocycles. The van der Waals surface area contributed by atoms with Gasteiger partial charge in [0.25, 0.3) is 0 Å². The second kappa shape index (κ2) is 9.69. The number of nitrogens with zero attached hydrogens (tertiary/aromatic N) is 2. The molecule has 1 heterocycles. The largest absolute Gasteiger partial charge is 0.395 e. The molecule has 0 amide bonds. The van der Waals surface area contributed by atoms with E-state index in [4.69, 9.17) is 15.9 Å². The summed E-state index contributed by atoms with van der Waals surface area (Å²) in [6, 6.07) is 0. The Labute approximate surface area is 111 Å². The van der Waals surface area contributed by atoms with Crippen molar-refractivity contribution < 1.29 is 10.2 Å². The van der Waals surface area contributed by atoms with Gasteiger partial charge in [-0.2, -0.15) is 0 Å². The predicted octanol–water partition coefficient (Wildman–Crippen LogP) is -0.666. The van der Waals surface area contributed by atoms with Gasteiger partial charge in [-0.1, -0.05) is 0 Å². The average molecular weight is 259 g/mol. The normalized spacial score (nSPS) is 18.7. The number of rotatable bonds is 9. The molecule has 0 aromatic rings. The number of piperidine rings is 1. The van der Waals surface area contributed by atoms with E-state index in [0.717, 1.165) is 39.1 Å². The van der Waals surface area contributed by atoms with E-state index in [0.29, 0.717) is 19.0 Å². The lowest BCUT2D eigenvalue weighted by Gasteiger charge is -2.34. The fraction of sp³-hybridized carbons (Fsp3) is 1.00. The Bertz CT molecular complexity index is 191. The molecule has 0 spiro atoms. The number of aliphatic hydroxyl groups is 2. The third kappa shape index (κ3) is 6.11. The van der Waals surface area contributed by atoms with Crippen molar-refractivity contribution in [2.75, 3.05) is 59.0 Å². The molecule has 0 radical (unpaired) electrons. The highest BCUT2D eigenvalue weighted by atomic mass is 16.3. The Morgan fingerprint density at radius 2 is 1.72 bits per heavy atom. The Balaban J connectivity index is 2.20. The lowest BCUT2D eigenvalue weighted by atomic mass is 9.96. The van der Waals surface area contributed by atoms with Crippen molar-refractivity contribution in [1.29, 1.82) is 0 Å². The van der Waals surface area contributed by atoms with Crippen LogP contribution in [0, 0.1) is 5.92 Å². The summed E-state index contributed by atoms with van der Waals surface area (Å²) in [4.78, 5) is 4.66. The van der Waals surface area contributed by atoms with Gasteiger partial charge in [0.1, 0.15) is 0 Å². The lowest BCUT2D eigenvalue weighted by Crippen LogP contribution is -2.41. The van der Waals surface area contributed by atoms with Gasteiger partial charge in [-0.3, -0.25) is 4.90 Å². The number of hydrogen-bond acceptors (Lipinski definition) is 5. The van der Waals surface area contributed by atoms with Crippen molar-refractivity contribution in [3.8, 4) is 0 Å². The van der Waals surface area contributed by atoms with Gasteiger partial charge >= 0.3 is 0 Å². The first kappa shape index (κ1) is 15.9. The summed E-state index contributed by atoms with van der Waals surface area (Å²) in [6.45, 7) is 6.94. The molecule has 0 atom stereocenters. The van der Waals surface area contributed by atoms with Crippen molar-refractivity contribution in [3.05, 3.63) is 0 Å². The maximum atomic E-state index is 8.99. The van der Waals surface area contributed by atoms with Crippen LogP contribution in [0.15, 0.2) is 0 Å². The first-order valence-corrected chi connectivity index (χ1v) is 7.16. The quantitative estimate of drug-likeness (QED) is 0.512. The zero-order valence-corrected chi connectivity index (χ0v) is 11.4. The van der Waals surface area contributed by atoms with E-state index in [1.54, 1.807) is 0 Å². The van der Waals surface area contributed by atoms with Gasteiger partial charge in [0.15, 0.2) is 0 Å². The molecule has 5 heteroatoms. The zero-order chi connectivity index (χ0) is 13.2. The topological polar surface area (TPSA) is 73.0 Å².